The normalized spacial score (nSPS) is 8.64. The molecule has 0 spiro atoms. The monoisotopic (exact) mass is 188 g/mol. The molecule has 0 unspecified atom stereocenters. The molecule has 1 rings (SSSR count). The van der Waals surface area contributed by atoms with E-state index in [4.69, 9.17) is 0 Å². The van der Waals surface area contributed by atoms with Gasteiger partial charge in [0.05, 0.1) is 0 Å². The van der Waals surface area contributed by atoms with E-state index in [1.807, 2.05) is 11.3 Å². The topological polar surface area (TPSA) is 0 Å². The fraction of sp³-hybridized carbons (Fsp3) is 0.556. The van der Waals surface area contributed by atoms with Crippen LogP contribution in [0.1, 0.15) is 25.1 Å². The summed E-state index contributed by atoms with van der Waals surface area (Å²) in [6.45, 7) is 4.28. The SMILES string of the molecule is CCCS.CCc1cccs1. The summed E-state index contributed by atoms with van der Waals surface area (Å²) >= 11 is 5.74. The molecule has 1 aromatic rings. The molecular formula is C9H16S2. The van der Waals surface area contributed by atoms with Crippen LogP contribution in [-0.4, -0.2) is 5.75 Å². The molecule has 0 atom stereocenters. The Morgan fingerprint density at radius 1 is 1.45 bits per heavy atom. The van der Waals surface area contributed by atoms with E-state index in [1.165, 1.54) is 17.7 Å². The van der Waals surface area contributed by atoms with Gasteiger partial charge in [-0.2, -0.15) is 12.6 Å². The van der Waals surface area contributed by atoms with Crippen molar-refractivity contribution in [1.82, 2.24) is 0 Å². The molecule has 0 amide bonds. The Hall–Kier alpha value is 0.0500. The first kappa shape index (κ1) is 11.1. The van der Waals surface area contributed by atoms with Gasteiger partial charge in [-0.15, -0.1) is 11.3 Å². The lowest BCUT2D eigenvalue weighted by Crippen LogP contribution is -1.63. The van der Waals surface area contributed by atoms with E-state index in [9.17, 15) is 0 Å². The molecule has 0 N–H and O–H groups in total. The summed E-state index contributed by atoms with van der Waals surface area (Å²) in [6, 6.07) is 4.24. The van der Waals surface area contributed by atoms with Crippen LogP contribution in [0.4, 0.5) is 0 Å². The molecule has 0 bridgehead atoms. The van der Waals surface area contributed by atoms with Crippen molar-refractivity contribution in [1.29, 1.82) is 0 Å². The van der Waals surface area contributed by atoms with E-state index in [0.717, 1.165) is 5.75 Å². The quantitative estimate of drug-likeness (QED) is 0.673. The Kier molecular flexibility index (Phi) is 8.19. The number of rotatable bonds is 2. The lowest BCUT2D eigenvalue weighted by Gasteiger charge is -1.78. The number of hydrogen-bond donors (Lipinski definition) is 1. The van der Waals surface area contributed by atoms with E-state index in [2.05, 4.69) is 44.0 Å². The van der Waals surface area contributed by atoms with E-state index >= 15 is 0 Å². The van der Waals surface area contributed by atoms with Gasteiger partial charge in [0.25, 0.3) is 0 Å². The first-order valence-corrected chi connectivity index (χ1v) is 5.49. The van der Waals surface area contributed by atoms with Gasteiger partial charge >= 0.3 is 0 Å². The van der Waals surface area contributed by atoms with Crippen LogP contribution in [0, 0.1) is 0 Å². The van der Waals surface area contributed by atoms with Gasteiger partial charge in [-0.1, -0.05) is 19.9 Å². The number of aryl methyl sites for hydroxylation is 1. The van der Waals surface area contributed by atoms with Crippen LogP contribution in [-0.2, 0) is 6.42 Å². The summed E-state index contributed by atoms with van der Waals surface area (Å²) in [5, 5.41) is 2.11. The summed E-state index contributed by atoms with van der Waals surface area (Å²) in [6.07, 6.45) is 2.36. The third-order valence-electron chi connectivity index (χ3n) is 1.15. The predicted octanol–water partition coefficient (Wildman–Crippen LogP) is 3.64. The zero-order valence-corrected chi connectivity index (χ0v) is 8.92. The Morgan fingerprint density at radius 3 is 2.27 bits per heavy atom. The van der Waals surface area contributed by atoms with Crippen molar-refractivity contribution in [2.75, 3.05) is 5.75 Å². The number of thiophene rings is 1. The van der Waals surface area contributed by atoms with Crippen molar-refractivity contribution in [3.8, 4) is 0 Å². The molecule has 0 aliphatic carbocycles. The minimum Gasteiger partial charge on any atom is -0.179 e. The van der Waals surface area contributed by atoms with Crippen LogP contribution in [0.5, 0.6) is 0 Å². The minimum atomic E-state index is 1.01. The van der Waals surface area contributed by atoms with Gasteiger partial charge in [0.1, 0.15) is 0 Å². The molecule has 0 aliphatic rings. The zero-order valence-electron chi connectivity index (χ0n) is 7.21. The van der Waals surface area contributed by atoms with E-state index < -0.39 is 0 Å². The van der Waals surface area contributed by atoms with Crippen LogP contribution < -0.4 is 0 Å². The molecule has 0 saturated carbocycles. The molecular weight excluding hydrogens is 172 g/mol. The molecule has 0 fully saturated rings. The Labute approximate surface area is 79.1 Å². The molecule has 0 nitrogen and oxygen atoms in total. The highest BCUT2D eigenvalue weighted by molar-refractivity contribution is 7.80. The molecule has 11 heavy (non-hydrogen) atoms. The second-order valence-electron chi connectivity index (χ2n) is 2.16. The van der Waals surface area contributed by atoms with Crippen LogP contribution in [0.15, 0.2) is 17.5 Å². The minimum absolute atomic E-state index is 1.01. The highest BCUT2D eigenvalue weighted by Gasteiger charge is 1.82. The van der Waals surface area contributed by atoms with Crippen molar-refractivity contribution in [3.63, 3.8) is 0 Å². The fourth-order valence-corrected chi connectivity index (χ4v) is 1.17. The van der Waals surface area contributed by atoms with Crippen LogP contribution in [0.25, 0.3) is 0 Å². The average Bonchev–Trinajstić information content (AvgIpc) is 2.56. The standard InChI is InChI=1S/C6H8S.C3H8S/c1-2-6-4-3-5-7-6;1-2-3-4/h3-5H,2H2,1H3;4H,2-3H2,1H3. The van der Waals surface area contributed by atoms with Gasteiger partial charge < -0.3 is 0 Å². The van der Waals surface area contributed by atoms with Crippen molar-refractivity contribution < 1.29 is 0 Å². The summed E-state index contributed by atoms with van der Waals surface area (Å²) in [4.78, 5) is 1.47. The van der Waals surface area contributed by atoms with Gasteiger partial charge in [0, 0.05) is 4.88 Å². The van der Waals surface area contributed by atoms with Gasteiger partial charge in [-0.3, -0.25) is 0 Å². The molecule has 0 radical (unpaired) electrons. The van der Waals surface area contributed by atoms with E-state index in [-0.39, 0.29) is 0 Å². The average molecular weight is 188 g/mol. The lowest BCUT2D eigenvalue weighted by molar-refractivity contribution is 1.11. The van der Waals surface area contributed by atoms with Crippen LogP contribution in [0.3, 0.4) is 0 Å². The summed E-state index contributed by atoms with van der Waals surface area (Å²) in [5.41, 5.74) is 0. The van der Waals surface area contributed by atoms with Gasteiger partial charge in [0.15, 0.2) is 0 Å². The first-order valence-electron chi connectivity index (χ1n) is 3.98. The van der Waals surface area contributed by atoms with Crippen molar-refractivity contribution in [3.05, 3.63) is 22.4 Å². The molecule has 1 aromatic heterocycles. The molecule has 0 saturated heterocycles. The second kappa shape index (κ2) is 8.15. The molecule has 0 aliphatic heterocycles. The highest BCUT2D eigenvalue weighted by atomic mass is 32.1. The maximum absolute atomic E-state index is 3.92. The van der Waals surface area contributed by atoms with Crippen LogP contribution in [0.2, 0.25) is 0 Å². The highest BCUT2D eigenvalue weighted by Crippen LogP contribution is 2.07. The van der Waals surface area contributed by atoms with Crippen LogP contribution >= 0.6 is 24.0 Å². The number of hydrogen-bond acceptors (Lipinski definition) is 2. The van der Waals surface area contributed by atoms with Gasteiger partial charge in [0.2, 0.25) is 0 Å². The maximum atomic E-state index is 3.92. The summed E-state index contributed by atoms with van der Waals surface area (Å²) < 4.78 is 0. The maximum Gasteiger partial charge on any atom is 0.00424 e. The van der Waals surface area contributed by atoms with Crippen molar-refractivity contribution in [2.45, 2.75) is 26.7 Å². The predicted molar refractivity (Wildman–Crippen MR) is 57.8 cm³/mol. The Morgan fingerprint density at radius 2 is 2.09 bits per heavy atom. The molecule has 2 heteroatoms. The largest absolute Gasteiger partial charge is 0.179 e. The van der Waals surface area contributed by atoms with Crippen molar-refractivity contribution in [2.24, 2.45) is 0 Å². The summed E-state index contributed by atoms with van der Waals surface area (Å²) in [5.74, 6) is 1.01. The van der Waals surface area contributed by atoms with Crippen molar-refractivity contribution >= 4 is 24.0 Å². The Balaban J connectivity index is 0.000000218. The zero-order chi connectivity index (χ0) is 8.53. The Bertz CT molecular complexity index is 143. The second-order valence-corrected chi connectivity index (χ2v) is 3.64. The first-order chi connectivity index (χ1) is 5.35. The molecule has 0 aromatic carbocycles. The summed E-state index contributed by atoms with van der Waals surface area (Å²) in [7, 11) is 0. The van der Waals surface area contributed by atoms with Gasteiger partial charge in [-0.05, 0) is 30.0 Å². The third-order valence-corrected chi connectivity index (χ3v) is 2.62. The van der Waals surface area contributed by atoms with E-state index in [0.29, 0.717) is 0 Å². The lowest BCUT2D eigenvalue weighted by atomic mass is 10.4. The third kappa shape index (κ3) is 6.45. The van der Waals surface area contributed by atoms with E-state index in [1.54, 1.807) is 0 Å². The number of thiol groups is 1. The molecule has 1 heterocycles. The smallest absolute Gasteiger partial charge is 0.00424 e. The molecule has 64 valence electrons. The fourth-order valence-electron chi connectivity index (χ4n) is 0.514. The van der Waals surface area contributed by atoms with Gasteiger partial charge in [-0.25, -0.2) is 0 Å².